The molecule has 212 valence electrons. The van der Waals surface area contributed by atoms with Crippen LogP contribution in [0, 0.1) is 0 Å². The SMILES string of the molecule is CC(C)(N)C(=O)N[C@H](COCc1ccccc1)C(=O)N1CCc2cc(-c3ccccc3NS(C)(=O)=O)ccc2C1. The van der Waals surface area contributed by atoms with E-state index in [1.165, 1.54) is 0 Å². The molecule has 0 saturated carbocycles. The van der Waals surface area contributed by atoms with Crippen LogP contribution in [-0.2, 0) is 43.9 Å². The Hall–Kier alpha value is -3.73. The summed E-state index contributed by atoms with van der Waals surface area (Å²) in [6.07, 6.45) is 1.74. The van der Waals surface area contributed by atoms with Gasteiger partial charge in [0, 0.05) is 18.7 Å². The summed E-state index contributed by atoms with van der Waals surface area (Å²) in [5.41, 5.74) is 10.0. The van der Waals surface area contributed by atoms with Gasteiger partial charge in [-0.2, -0.15) is 0 Å². The van der Waals surface area contributed by atoms with Crippen molar-refractivity contribution in [2.24, 2.45) is 5.73 Å². The summed E-state index contributed by atoms with van der Waals surface area (Å²) in [6.45, 7) is 4.36. The van der Waals surface area contributed by atoms with Gasteiger partial charge in [-0.1, -0.05) is 66.7 Å². The maximum Gasteiger partial charge on any atom is 0.247 e. The highest BCUT2D eigenvalue weighted by atomic mass is 32.2. The highest BCUT2D eigenvalue weighted by molar-refractivity contribution is 7.92. The smallest absolute Gasteiger partial charge is 0.247 e. The van der Waals surface area contributed by atoms with Gasteiger partial charge in [-0.15, -0.1) is 0 Å². The molecule has 0 spiro atoms. The minimum Gasteiger partial charge on any atom is -0.374 e. The van der Waals surface area contributed by atoms with Gasteiger partial charge in [-0.05, 0) is 48.6 Å². The van der Waals surface area contributed by atoms with Crippen molar-refractivity contribution < 1.29 is 22.7 Å². The highest BCUT2D eigenvalue weighted by Crippen LogP contribution is 2.31. The summed E-state index contributed by atoms with van der Waals surface area (Å²) in [4.78, 5) is 28.0. The largest absolute Gasteiger partial charge is 0.374 e. The lowest BCUT2D eigenvalue weighted by Gasteiger charge is -2.33. The quantitative estimate of drug-likeness (QED) is 0.347. The van der Waals surface area contributed by atoms with E-state index in [0.717, 1.165) is 34.1 Å². The van der Waals surface area contributed by atoms with Crippen molar-refractivity contribution in [1.82, 2.24) is 10.2 Å². The number of fused-ring (bicyclic) bond motifs is 1. The normalized spacial score (nSPS) is 14.2. The Morgan fingerprint density at radius 2 is 1.73 bits per heavy atom. The van der Waals surface area contributed by atoms with Crippen LogP contribution in [0.15, 0.2) is 72.8 Å². The van der Waals surface area contributed by atoms with Crippen LogP contribution in [0.3, 0.4) is 0 Å². The molecule has 3 aromatic carbocycles. The highest BCUT2D eigenvalue weighted by Gasteiger charge is 2.32. The minimum atomic E-state index is -3.43. The number of anilines is 1. The molecule has 1 heterocycles. The molecule has 0 bridgehead atoms. The monoisotopic (exact) mass is 564 g/mol. The molecule has 0 fully saturated rings. The Balaban J connectivity index is 1.49. The first-order chi connectivity index (χ1) is 18.9. The van der Waals surface area contributed by atoms with E-state index in [9.17, 15) is 18.0 Å². The number of carbonyl (C=O) groups excluding carboxylic acids is 2. The number of nitrogens with zero attached hydrogens (tertiary/aromatic N) is 1. The summed E-state index contributed by atoms with van der Waals surface area (Å²) < 4.78 is 32.1. The van der Waals surface area contributed by atoms with Gasteiger partial charge in [-0.25, -0.2) is 8.42 Å². The van der Waals surface area contributed by atoms with Crippen LogP contribution in [-0.4, -0.2) is 56.1 Å². The molecule has 0 radical (unpaired) electrons. The second-order valence-corrected chi connectivity index (χ2v) is 12.4. The van der Waals surface area contributed by atoms with Gasteiger partial charge in [0.25, 0.3) is 0 Å². The number of nitrogens with two attached hydrogens (primary N) is 1. The number of sulfonamides is 1. The van der Waals surface area contributed by atoms with Crippen LogP contribution >= 0.6 is 0 Å². The predicted octanol–water partition coefficient (Wildman–Crippen LogP) is 3.05. The molecule has 40 heavy (non-hydrogen) atoms. The molecule has 0 unspecified atom stereocenters. The van der Waals surface area contributed by atoms with Gasteiger partial charge < -0.3 is 20.7 Å². The molecule has 4 rings (SSSR count). The van der Waals surface area contributed by atoms with Crippen LogP contribution in [0.4, 0.5) is 5.69 Å². The number of benzene rings is 3. The van der Waals surface area contributed by atoms with Gasteiger partial charge in [-0.3, -0.25) is 14.3 Å². The third kappa shape index (κ3) is 7.68. The molecule has 1 aliphatic heterocycles. The van der Waals surface area contributed by atoms with Gasteiger partial charge in [0.15, 0.2) is 0 Å². The molecule has 9 nitrogen and oxygen atoms in total. The summed E-state index contributed by atoms with van der Waals surface area (Å²) >= 11 is 0. The number of carbonyl (C=O) groups is 2. The van der Waals surface area contributed by atoms with Crippen molar-refractivity contribution in [2.45, 2.75) is 45.0 Å². The number of rotatable bonds is 10. The minimum absolute atomic E-state index is 0.0158. The van der Waals surface area contributed by atoms with E-state index in [1.807, 2.05) is 60.7 Å². The van der Waals surface area contributed by atoms with Crippen LogP contribution in [0.25, 0.3) is 11.1 Å². The second kappa shape index (κ2) is 12.2. The third-order valence-corrected chi connectivity index (χ3v) is 7.24. The molecule has 3 aromatic rings. The summed E-state index contributed by atoms with van der Waals surface area (Å²) in [6, 6.07) is 21.9. The standard InChI is InChI=1S/C30H36N4O5S/c1-30(2,31)29(36)32-27(20-39-19-21-9-5-4-6-10-21)28(35)34-16-15-22-17-23(13-14-24(22)18-34)25-11-7-8-12-26(25)33-40(3,37)38/h4-14,17,27,33H,15-16,18-20,31H2,1-3H3,(H,32,36)/t27-/m1/s1. The zero-order chi connectivity index (χ0) is 28.9. The molecular weight excluding hydrogens is 528 g/mol. The predicted molar refractivity (Wildman–Crippen MR) is 156 cm³/mol. The Morgan fingerprint density at radius 3 is 2.42 bits per heavy atom. The number of amides is 2. The van der Waals surface area contributed by atoms with Crippen LogP contribution in [0.1, 0.15) is 30.5 Å². The number of nitrogens with one attached hydrogen (secondary N) is 2. The third-order valence-electron chi connectivity index (χ3n) is 6.65. The zero-order valence-corrected chi connectivity index (χ0v) is 23.8. The Kier molecular flexibility index (Phi) is 8.92. The van der Waals surface area contributed by atoms with E-state index in [2.05, 4.69) is 10.0 Å². The van der Waals surface area contributed by atoms with Crippen molar-refractivity contribution in [3.63, 3.8) is 0 Å². The Labute approximate surface area is 235 Å². The lowest BCUT2D eigenvalue weighted by atomic mass is 9.93. The first-order valence-corrected chi connectivity index (χ1v) is 15.0. The van der Waals surface area contributed by atoms with E-state index in [0.29, 0.717) is 31.8 Å². The fraction of sp³-hybridized carbons (Fsp3) is 0.333. The number of para-hydroxylation sites is 1. The maximum atomic E-state index is 13.6. The van der Waals surface area contributed by atoms with Crippen LogP contribution in [0.5, 0.6) is 0 Å². The van der Waals surface area contributed by atoms with E-state index < -0.39 is 27.5 Å². The van der Waals surface area contributed by atoms with Crippen molar-refractivity contribution in [3.8, 4) is 11.1 Å². The maximum absolute atomic E-state index is 13.6. The average Bonchev–Trinajstić information content (AvgIpc) is 2.91. The van der Waals surface area contributed by atoms with Crippen molar-refractivity contribution >= 4 is 27.5 Å². The lowest BCUT2D eigenvalue weighted by Crippen LogP contribution is -2.58. The lowest BCUT2D eigenvalue weighted by molar-refractivity contribution is -0.140. The van der Waals surface area contributed by atoms with E-state index in [1.54, 1.807) is 30.9 Å². The van der Waals surface area contributed by atoms with Crippen LogP contribution < -0.4 is 15.8 Å². The fourth-order valence-electron chi connectivity index (χ4n) is 4.54. The van der Waals surface area contributed by atoms with Crippen molar-refractivity contribution in [1.29, 1.82) is 0 Å². The summed E-state index contributed by atoms with van der Waals surface area (Å²) in [5, 5.41) is 2.78. The summed E-state index contributed by atoms with van der Waals surface area (Å²) in [5.74, 6) is -0.666. The van der Waals surface area contributed by atoms with Gasteiger partial charge in [0.05, 0.1) is 30.7 Å². The van der Waals surface area contributed by atoms with Gasteiger partial charge in [0.2, 0.25) is 21.8 Å². The average molecular weight is 565 g/mol. The zero-order valence-electron chi connectivity index (χ0n) is 23.0. The Morgan fingerprint density at radius 1 is 1.02 bits per heavy atom. The topological polar surface area (TPSA) is 131 Å². The molecular formula is C30H36N4O5S. The molecule has 4 N–H and O–H groups in total. The van der Waals surface area contributed by atoms with E-state index in [-0.39, 0.29) is 12.5 Å². The molecule has 1 aliphatic rings. The molecule has 10 heteroatoms. The Bertz CT molecular complexity index is 1470. The van der Waals surface area contributed by atoms with Crippen molar-refractivity contribution in [3.05, 3.63) is 89.5 Å². The first-order valence-electron chi connectivity index (χ1n) is 13.1. The molecule has 1 atom stereocenters. The number of ether oxygens (including phenoxy) is 1. The molecule has 0 saturated heterocycles. The molecule has 0 aromatic heterocycles. The summed E-state index contributed by atoms with van der Waals surface area (Å²) in [7, 11) is -3.43. The van der Waals surface area contributed by atoms with E-state index in [4.69, 9.17) is 10.5 Å². The van der Waals surface area contributed by atoms with Gasteiger partial charge >= 0.3 is 0 Å². The second-order valence-electron chi connectivity index (χ2n) is 10.7. The van der Waals surface area contributed by atoms with Crippen LogP contribution in [0.2, 0.25) is 0 Å². The fourth-order valence-corrected chi connectivity index (χ4v) is 5.12. The number of hydrogen-bond acceptors (Lipinski definition) is 6. The van der Waals surface area contributed by atoms with Crippen molar-refractivity contribution in [2.75, 3.05) is 24.1 Å². The van der Waals surface area contributed by atoms with E-state index >= 15 is 0 Å². The molecule has 2 amide bonds. The first kappa shape index (κ1) is 29.3. The van der Waals surface area contributed by atoms with Gasteiger partial charge in [0.1, 0.15) is 6.04 Å². The molecule has 0 aliphatic carbocycles. The number of hydrogen-bond donors (Lipinski definition) is 3.